The molecule has 0 saturated heterocycles. The number of rotatable bonds is 6. The lowest BCUT2D eigenvalue weighted by Gasteiger charge is -2.06. The Labute approximate surface area is 123 Å². The van der Waals surface area contributed by atoms with Gasteiger partial charge in [0.15, 0.2) is 5.78 Å². The highest BCUT2D eigenvalue weighted by atomic mass is 32.1. The first-order valence-corrected chi connectivity index (χ1v) is 7.61. The summed E-state index contributed by atoms with van der Waals surface area (Å²) in [6.07, 6.45) is 1.83. The van der Waals surface area contributed by atoms with Crippen molar-refractivity contribution in [3.05, 3.63) is 45.4 Å². The molecule has 1 aromatic heterocycles. The number of aromatic nitrogens is 1. The Hall–Kier alpha value is -1.68. The summed E-state index contributed by atoms with van der Waals surface area (Å²) in [5.41, 5.74) is 2.01. The molecule has 1 aromatic carbocycles. The number of hydrogen-bond acceptors (Lipinski definition) is 4. The molecule has 0 aliphatic carbocycles. The number of ether oxygens (including phenoxy) is 1. The maximum atomic E-state index is 11.6. The predicted octanol–water partition coefficient (Wildman–Crippen LogP) is 4.19. The summed E-state index contributed by atoms with van der Waals surface area (Å²) in [7, 11) is 0. The number of nitrogens with zero attached hydrogens (tertiary/aromatic N) is 1. The van der Waals surface area contributed by atoms with E-state index in [0.717, 1.165) is 39.7 Å². The molecule has 0 amide bonds. The van der Waals surface area contributed by atoms with Crippen molar-refractivity contribution >= 4 is 17.1 Å². The lowest BCUT2D eigenvalue weighted by atomic mass is 10.2. The highest BCUT2D eigenvalue weighted by Crippen LogP contribution is 2.23. The minimum Gasteiger partial charge on any atom is -0.486 e. The molecule has 106 valence electrons. The van der Waals surface area contributed by atoms with Crippen LogP contribution in [0.3, 0.4) is 0 Å². The molecule has 20 heavy (non-hydrogen) atoms. The fraction of sp³-hybridized carbons (Fsp3) is 0.375. The molecule has 0 saturated carbocycles. The quantitative estimate of drug-likeness (QED) is 0.749. The van der Waals surface area contributed by atoms with E-state index in [9.17, 15) is 4.79 Å². The molecule has 2 aromatic rings. The van der Waals surface area contributed by atoms with Crippen LogP contribution in [0.5, 0.6) is 5.75 Å². The number of Topliss-reactive ketones (excluding diaryl/α,β-unsaturated/α-hetero) is 1. The summed E-state index contributed by atoms with van der Waals surface area (Å²) in [6, 6.07) is 7.90. The van der Waals surface area contributed by atoms with Gasteiger partial charge in [-0.3, -0.25) is 4.79 Å². The maximum absolute atomic E-state index is 11.6. The zero-order valence-electron chi connectivity index (χ0n) is 12.1. The number of aryl methyl sites for hydroxylation is 2. The fourth-order valence-electron chi connectivity index (χ4n) is 2.00. The van der Waals surface area contributed by atoms with E-state index in [1.165, 1.54) is 11.3 Å². The molecule has 1 heterocycles. The minimum absolute atomic E-state index is 0.0908. The zero-order valence-corrected chi connectivity index (χ0v) is 12.9. The van der Waals surface area contributed by atoms with Crippen molar-refractivity contribution in [1.82, 2.24) is 4.98 Å². The summed E-state index contributed by atoms with van der Waals surface area (Å²) in [4.78, 5) is 16.9. The molecule has 0 aliphatic rings. The standard InChI is InChI=1S/C16H19NO2S/c1-4-7-13-16(12(3)18)20-15(17-13)10-19-14-9-6-5-8-11(14)2/h5-6,8-9H,4,7,10H2,1-3H3. The van der Waals surface area contributed by atoms with E-state index >= 15 is 0 Å². The van der Waals surface area contributed by atoms with E-state index in [1.54, 1.807) is 6.92 Å². The van der Waals surface area contributed by atoms with Crippen LogP contribution in [0.25, 0.3) is 0 Å². The first-order valence-electron chi connectivity index (χ1n) is 6.79. The molecule has 0 aliphatic heterocycles. The van der Waals surface area contributed by atoms with Crippen molar-refractivity contribution in [3.63, 3.8) is 0 Å². The van der Waals surface area contributed by atoms with Gasteiger partial charge >= 0.3 is 0 Å². The third-order valence-electron chi connectivity index (χ3n) is 2.99. The Morgan fingerprint density at radius 3 is 2.75 bits per heavy atom. The number of para-hydroxylation sites is 1. The van der Waals surface area contributed by atoms with Crippen LogP contribution in [0, 0.1) is 6.92 Å². The van der Waals surface area contributed by atoms with E-state index in [4.69, 9.17) is 4.74 Å². The third-order valence-corrected chi connectivity index (χ3v) is 4.16. The molecule has 0 radical (unpaired) electrons. The molecule has 0 fully saturated rings. The van der Waals surface area contributed by atoms with Gasteiger partial charge in [0, 0.05) is 6.92 Å². The predicted molar refractivity (Wildman–Crippen MR) is 81.6 cm³/mol. The molecule has 0 unspecified atom stereocenters. The topological polar surface area (TPSA) is 39.2 Å². The van der Waals surface area contributed by atoms with E-state index in [1.807, 2.05) is 31.2 Å². The molecule has 0 spiro atoms. The average Bonchev–Trinajstić information content (AvgIpc) is 2.82. The van der Waals surface area contributed by atoms with Gasteiger partial charge in [-0.25, -0.2) is 4.98 Å². The van der Waals surface area contributed by atoms with Gasteiger partial charge in [-0.2, -0.15) is 0 Å². The van der Waals surface area contributed by atoms with E-state index < -0.39 is 0 Å². The van der Waals surface area contributed by atoms with Gasteiger partial charge in [0.05, 0.1) is 10.6 Å². The van der Waals surface area contributed by atoms with Crippen molar-refractivity contribution < 1.29 is 9.53 Å². The number of thiazole rings is 1. The van der Waals surface area contributed by atoms with Crippen LogP contribution >= 0.6 is 11.3 Å². The number of carbonyl (C=O) groups is 1. The molecule has 3 nitrogen and oxygen atoms in total. The van der Waals surface area contributed by atoms with Gasteiger partial charge in [-0.05, 0) is 25.0 Å². The SMILES string of the molecule is CCCc1nc(COc2ccccc2C)sc1C(C)=O. The van der Waals surface area contributed by atoms with E-state index in [0.29, 0.717) is 6.61 Å². The molecule has 2 rings (SSSR count). The molecule has 0 bridgehead atoms. The summed E-state index contributed by atoms with van der Waals surface area (Å²) in [6.45, 7) is 6.12. The number of carbonyl (C=O) groups excluding carboxylic acids is 1. The first kappa shape index (κ1) is 14.7. The summed E-state index contributed by atoms with van der Waals surface area (Å²) in [5, 5.41) is 0.863. The van der Waals surface area contributed by atoms with Gasteiger partial charge in [-0.1, -0.05) is 31.5 Å². The van der Waals surface area contributed by atoms with Crippen LogP contribution in [0.1, 0.15) is 46.2 Å². The average molecular weight is 289 g/mol. The van der Waals surface area contributed by atoms with Gasteiger partial charge in [0.2, 0.25) is 0 Å². The smallest absolute Gasteiger partial charge is 0.171 e. The minimum atomic E-state index is 0.0908. The van der Waals surface area contributed by atoms with Gasteiger partial charge in [0.25, 0.3) is 0 Å². The van der Waals surface area contributed by atoms with Crippen molar-refractivity contribution in [2.24, 2.45) is 0 Å². The second-order valence-corrected chi connectivity index (χ2v) is 5.83. The third kappa shape index (κ3) is 3.45. The van der Waals surface area contributed by atoms with Crippen LogP contribution in [-0.2, 0) is 13.0 Å². The van der Waals surface area contributed by atoms with Crippen molar-refractivity contribution in [3.8, 4) is 5.75 Å². The Bertz CT molecular complexity index is 604. The summed E-state index contributed by atoms with van der Waals surface area (Å²) < 4.78 is 5.79. The highest BCUT2D eigenvalue weighted by molar-refractivity contribution is 7.13. The van der Waals surface area contributed by atoms with Crippen LogP contribution < -0.4 is 4.74 Å². The second-order valence-electron chi connectivity index (χ2n) is 4.74. The largest absolute Gasteiger partial charge is 0.486 e. The maximum Gasteiger partial charge on any atom is 0.171 e. The van der Waals surface area contributed by atoms with Crippen molar-refractivity contribution in [2.45, 2.75) is 40.2 Å². The number of hydrogen-bond donors (Lipinski definition) is 0. The van der Waals surface area contributed by atoms with Crippen LogP contribution in [-0.4, -0.2) is 10.8 Å². The van der Waals surface area contributed by atoms with Crippen LogP contribution in [0.15, 0.2) is 24.3 Å². The van der Waals surface area contributed by atoms with Crippen LogP contribution in [0.4, 0.5) is 0 Å². The molecular formula is C16H19NO2S. The monoisotopic (exact) mass is 289 g/mol. The van der Waals surface area contributed by atoms with Crippen molar-refractivity contribution in [1.29, 1.82) is 0 Å². The van der Waals surface area contributed by atoms with E-state index in [2.05, 4.69) is 11.9 Å². The molecular weight excluding hydrogens is 270 g/mol. The Morgan fingerprint density at radius 2 is 2.10 bits per heavy atom. The first-order chi connectivity index (χ1) is 9.61. The molecule has 4 heteroatoms. The van der Waals surface area contributed by atoms with E-state index in [-0.39, 0.29) is 5.78 Å². The normalized spacial score (nSPS) is 10.6. The fourth-order valence-corrected chi connectivity index (χ4v) is 2.92. The second kappa shape index (κ2) is 6.66. The van der Waals surface area contributed by atoms with Crippen molar-refractivity contribution in [2.75, 3.05) is 0 Å². The van der Waals surface area contributed by atoms with Gasteiger partial charge in [-0.15, -0.1) is 11.3 Å². The molecule has 0 N–H and O–H groups in total. The highest BCUT2D eigenvalue weighted by Gasteiger charge is 2.14. The zero-order chi connectivity index (χ0) is 14.5. The molecule has 0 atom stereocenters. The lowest BCUT2D eigenvalue weighted by molar-refractivity contribution is 0.102. The van der Waals surface area contributed by atoms with Gasteiger partial charge in [0.1, 0.15) is 17.4 Å². The van der Waals surface area contributed by atoms with Crippen LogP contribution in [0.2, 0.25) is 0 Å². The number of ketones is 1. The Morgan fingerprint density at radius 1 is 1.35 bits per heavy atom. The summed E-state index contributed by atoms with van der Waals surface area (Å²) >= 11 is 1.45. The summed E-state index contributed by atoms with van der Waals surface area (Å²) in [5.74, 6) is 0.956. The van der Waals surface area contributed by atoms with Gasteiger partial charge < -0.3 is 4.74 Å². The Kier molecular flexibility index (Phi) is 4.90. The number of benzene rings is 1. The lowest BCUT2D eigenvalue weighted by Crippen LogP contribution is -1.97. The Balaban J connectivity index is 2.12.